The van der Waals surface area contributed by atoms with Crippen LogP contribution in [0.1, 0.15) is 61.8 Å². The van der Waals surface area contributed by atoms with E-state index in [-0.39, 0.29) is 51.0 Å². The summed E-state index contributed by atoms with van der Waals surface area (Å²) in [4.78, 5) is 5.16. The molecule has 0 rings (SSSR count). The summed E-state index contributed by atoms with van der Waals surface area (Å²) in [6.45, 7) is 20.8. The summed E-state index contributed by atoms with van der Waals surface area (Å²) in [6, 6.07) is 2.62. The van der Waals surface area contributed by atoms with Crippen LogP contribution in [0.25, 0.3) is 0 Å². The van der Waals surface area contributed by atoms with Crippen LogP contribution >= 0.6 is 0 Å². The van der Waals surface area contributed by atoms with Crippen molar-refractivity contribution in [1.29, 1.82) is 0 Å². The van der Waals surface area contributed by atoms with Gasteiger partial charge in [0.25, 0.3) is 0 Å². The Balaban J connectivity index is -0.000000427. The Labute approximate surface area is 159 Å². The maximum absolute atomic E-state index is 2.58. The third-order valence-corrected chi connectivity index (χ3v) is 3.49. The second kappa shape index (κ2) is 15.3. The predicted octanol–water partition coefficient (Wildman–Crippen LogP) is -2.38. The molecule has 0 saturated heterocycles. The molecule has 0 aromatic heterocycles. The Hall–Kier alpha value is 1.40. The predicted molar refractivity (Wildman–Crippen MR) is 78.6 cm³/mol. The van der Waals surface area contributed by atoms with Crippen molar-refractivity contribution in [1.82, 2.24) is 9.80 Å². The number of rotatable bonds is 8. The zero-order valence-electron chi connectivity index (χ0n) is 14.4. The monoisotopic (exact) mass is 463 g/mol. The standard InChI is InChI=1S/C15H34N2.2BrH.Cu/c1-12(2)16(13(3)4)10-9-11-17(14(5)6)15(7)8;;;/h12-15H,9-11H2,1-8H3;2*1H;/q;;;+2/p-2. The maximum Gasteiger partial charge on any atom is 2.00 e. The quantitative estimate of drug-likeness (QED) is 0.370. The molecule has 0 bridgehead atoms. The van der Waals surface area contributed by atoms with E-state index in [4.69, 9.17) is 0 Å². The largest absolute Gasteiger partial charge is 2.00 e. The first-order valence-electron chi connectivity index (χ1n) is 7.28. The van der Waals surface area contributed by atoms with Crippen LogP contribution in [0.4, 0.5) is 0 Å². The van der Waals surface area contributed by atoms with Gasteiger partial charge in [-0.25, -0.2) is 0 Å². The second-order valence-corrected chi connectivity index (χ2v) is 6.20. The molecule has 0 unspecified atom stereocenters. The van der Waals surface area contributed by atoms with E-state index in [2.05, 4.69) is 65.2 Å². The van der Waals surface area contributed by atoms with Gasteiger partial charge in [-0.3, -0.25) is 9.80 Å². The third-order valence-electron chi connectivity index (χ3n) is 3.49. The molecule has 0 aliphatic heterocycles. The molecule has 0 aliphatic carbocycles. The zero-order valence-corrected chi connectivity index (χ0v) is 18.5. The van der Waals surface area contributed by atoms with E-state index in [0.29, 0.717) is 24.2 Å². The molecule has 0 heterocycles. The van der Waals surface area contributed by atoms with E-state index >= 15 is 0 Å². The van der Waals surface area contributed by atoms with Gasteiger partial charge in [0.2, 0.25) is 0 Å². The van der Waals surface area contributed by atoms with Crippen molar-refractivity contribution in [3.8, 4) is 0 Å². The molecule has 20 heavy (non-hydrogen) atoms. The molecule has 0 N–H and O–H groups in total. The van der Waals surface area contributed by atoms with Gasteiger partial charge in [0.15, 0.2) is 0 Å². The molecule has 0 fully saturated rings. The van der Waals surface area contributed by atoms with Crippen molar-refractivity contribution in [3.05, 3.63) is 0 Å². The van der Waals surface area contributed by atoms with Gasteiger partial charge in [0, 0.05) is 24.2 Å². The molecular weight excluding hydrogens is 432 g/mol. The van der Waals surface area contributed by atoms with Crippen LogP contribution in [0.3, 0.4) is 0 Å². The molecular formula is C15H34Br2CuN2. The Kier molecular flexibility index (Phi) is 22.5. The fourth-order valence-corrected chi connectivity index (χ4v) is 2.66. The van der Waals surface area contributed by atoms with Crippen LogP contribution in [0.2, 0.25) is 0 Å². The summed E-state index contributed by atoms with van der Waals surface area (Å²) in [6.07, 6.45) is 1.27. The minimum absolute atomic E-state index is 0. The fourth-order valence-electron chi connectivity index (χ4n) is 2.66. The first-order valence-corrected chi connectivity index (χ1v) is 7.28. The van der Waals surface area contributed by atoms with E-state index < -0.39 is 0 Å². The van der Waals surface area contributed by atoms with E-state index in [0.717, 1.165) is 0 Å². The van der Waals surface area contributed by atoms with E-state index in [1.165, 1.54) is 19.5 Å². The summed E-state index contributed by atoms with van der Waals surface area (Å²) < 4.78 is 0. The van der Waals surface area contributed by atoms with Gasteiger partial charge in [-0.1, -0.05) is 0 Å². The molecule has 129 valence electrons. The van der Waals surface area contributed by atoms with Gasteiger partial charge in [-0.2, -0.15) is 0 Å². The Morgan fingerprint density at radius 3 is 0.900 bits per heavy atom. The summed E-state index contributed by atoms with van der Waals surface area (Å²) in [5, 5.41) is 0. The van der Waals surface area contributed by atoms with Gasteiger partial charge in [-0.15, -0.1) is 0 Å². The molecule has 0 aliphatic rings. The maximum atomic E-state index is 2.58. The van der Waals surface area contributed by atoms with Crippen molar-refractivity contribution >= 4 is 0 Å². The average Bonchev–Trinajstić information content (AvgIpc) is 2.14. The number of hydrogen-bond acceptors (Lipinski definition) is 2. The topological polar surface area (TPSA) is 6.48 Å². The summed E-state index contributed by atoms with van der Waals surface area (Å²) in [5.74, 6) is 0. The van der Waals surface area contributed by atoms with E-state index in [1.54, 1.807) is 0 Å². The van der Waals surface area contributed by atoms with Crippen LogP contribution < -0.4 is 34.0 Å². The molecule has 0 amide bonds. The first kappa shape index (κ1) is 29.4. The molecule has 0 aromatic rings. The summed E-state index contributed by atoms with van der Waals surface area (Å²) in [7, 11) is 0. The van der Waals surface area contributed by atoms with Crippen molar-refractivity contribution in [2.24, 2.45) is 0 Å². The fraction of sp³-hybridized carbons (Fsp3) is 1.00. The minimum Gasteiger partial charge on any atom is -1.00 e. The van der Waals surface area contributed by atoms with Crippen molar-refractivity contribution in [2.45, 2.75) is 86.0 Å². The Bertz CT molecular complexity index is 164. The van der Waals surface area contributed by atoms with Crippen LogP contribution in [-0.4, -0.2) is 47.1 Å². The van der Waals surface area contributed by atoms with E-state index in [1.807, 2.05) is 0 Å². The van der Waals surface area contributed by atoms with Gasteiger partial charge in [0.1, 0.15) is 0 Å². The molecule has 0 saturated carbocycles. The van der Waals surface area contributed by atoms with Crippen LogP contribution in [0.15, 0.2) is 0 Å². The number of hydrogen-bond donors (Lipinski definition) is 0. The SMILES string of the molecule is CC(C)N(CCCN(C(C)C)C(C)C)C(C)C.[Br-].[Br-].[Cu+2]. The summed E-state index contributed by atoms with van der Waals surface area (Å²) in [5.41, 5.74) is 0. The van der Waals surface area contributed by atoms with E-state index in [9.17, 15) is 0 Å². The van der Waals surface area contributed by atoms with Gasteiger partial charge in [-0.05, 0) is 74.9 Å². The molecule has 0 spiro atoms. The molecule has 5 heteroatoms. The molecule has 2 nitrogen and oxygen atoms in total. The molecule has 0 atom stereocenters. The molecule has 1 radical (unpaired) electrons. The average molecular weight is 466 g/mol. The number of halogens is 2. The normalized spacial score (nSPS) is 11.1. The smallest absolute Gasteiger partial charge is 1.00 e. The van der Waals surface area contributed by atoms with Crippen molar-refractivity contribution in [3.63, 3.8) is 0 Å². The van der Waals surface area contributed by atoms with Gasteiger partial charge >= 0.3 is 17.1 Å². The van der Waals surface area contributed by atoms with Crippen LogP contribution in [0, 0.1) is 0 Å². The second-order valence-electron chi connectivity index (χ2n) is 6.20. The minimum atomic E-state index is 0. The Morgan fingerprint density at radius 2 is 0.750 bits per heavy atom. The van der Waals surface area contributed by atoms with Crippen molar-refractivity contribution in [2.75, 3.05) is 13.1 Å². The van der Waals surface area contributed by atoms with Crippen LogP contribution in [-0.2, 0) is 17.1 Å². The number of nitrogens with zero attached hydrogens (tertiary/aromatic N) is 2. The third kappa shape index (κ3) is 12.0. The van der Waals surface area contributed by atoms with Crippen molar-refractivity contribution < 1.29 is 51.0 Å². The van der Waals surface area contributed by atoms with Gasteiger partial charge in [0.05, 0.1) is 0 Å². The van der Waals surface area contributed by atoms with Gasteiger partial charge < -0.3 is 34.0 Å². The first-order chi connectivity index (χ1) is 7.77. The Morgan fingerprint density at radius 1 is 0.550 bits per heavy atom. The van der Waals surface area contributed by atoms with Crippen LogP contribution in [0.5, 0.6) is 0 Å². The zero-order chi connectivity index (χ0) is 13.6. The summed E-state index contributed by atoms with van der Waals surface area (Å²) >= 11 is 0. The molecule has 0 aromatic carbocycles.